The molecule has 7 nitrogen and oxygen atoms in total. The van der Waals surface area contributed by atoms with Gasteiger partial charge < -0.3 is 25.6 Å². The van der Waals surface area contributed by atoms with Gasteiger partial charge in [-0.2, -0.15) is 0 Å². The summed E-state index contributed by atoms with van der Waals surface area (Å²) >= 11 is 0. The van der Waals surface area contributed by atoms with E-state index in [0.29, 0.717) is 66.5 Å². The Hall–Kier alpha value is -2.90. The number of hydrogen-bond acceptors (Lipinski definition) is 6. The summed E-state index contributed by atoms with van der Waals surface area (Å²) in [5.74, 6) is -0.338. The zero-order valence-electron chi connectivity index (χ0n) is 17.6. The van der Waals surface area contributed by atoms with Gasteiger partial charge in [0.2, 0.25) is 0 Å². The Morgan fingerprint density at radius 1 is 1.07 bits per heavy atom. The SMILES string of the molecule is C[NH+](C)CCCNc1cc(N2CCOCC2)c(N)c2c1C(=O)c1ccccc1C2=O. The number of hydrogen-bond donors (Lipinski definition) is 3. The Morgan fingerprint density at radius 2 is 1.70 bits per heavy atom. The lowest BCUT2D eigenvalue weighted by Crippen LogP contribution is -3.05. The van der Waals surface area contributed by atoms with Crippen molar-refractivity contribution in [2.75, 3.05) is 69.4 Å². The minimum atomic E-state index is -0.186. The third-order valence-electron chi connectivity index (χ3n) is 5.74. The van der Waals surface area contributed by atoms with E-state index in [4.69, 9.17) is 10.5 Å². The summed E-state index contributed by atoms with van der Waals surface area (Å²) in [5, 5.41) is 3.42. The molecule has 2 aromatic carbocycles. The highest BCUT2D eigenvalue weighted by molar-refractivity contribution is 6.32. The van der Waals surface area contributed by atoms with E-state index >= 15 is 0 Å². The van der Waals surface area contributed by atoms with Crippen LogP contribution in [-0.2, 0) is 4.74 Å². The van der Waals surface area contributed by atoms with Crippen molar-refractivity contribution >= 4 is 28.6 Å². The molecule has 30 heavy (non-hydrogen) atoms. The average molecular weight is 410 g/mol. The van der Waals surface area contributed by atoms with Crippen LogP contribution in [0, 0.1) is 0 Å². The third kappa shape index (κ3) is 3.66. The van der Waals surface area contributed by atoms with E-state index < -0.39 is 0 Å². The smallest absolute Gasteiger partial charge is 0.196 e. The molecule has 1 heterocycles. The van der Waals surface area contributed by atoms with E-state index in [1.54, 1.807) is 24.3 Å². The summed E-state index contributed by atoms with van der Waals surface area (Å²) < 4.78 is 5.47. The summed E-state index contributed by atoms with van der Waals surface area (Å²) in [6.07, 6.45) is 0.951. The average Bonchev–Trinajstić information content (AvgIpc) is 2.76. The molecular formula is C23H29N4O3+. The van der Waals surface area contributed by atoms with Gasteiger partial charge in [-0.3, -0.25) is 9.59 Å². The van der Waals surface area contributed by atoms with Crippen LogP contribution < -0.4 is 20.9 Å². The quantitative estimate of drug-likeness (QED) is 0.413. The lowest BCUT2D eigenvalue weighted by Gasteiger charge is -2.32. The van der Waals surface area contributed by atoms with Crippen LogP contribution in [0.25, 0.3) is 0 Å². The highest BCUT2D eigenvalue weighted by atomic mass is 16.5. The molecule has 0 bridgehead atoms. The van der Waals surface area contributed by atoms with Crippen LogP contribution in [0.1, 0.15) is 38.3 Å². The van der Waals surface area contributed by atoms with E-state index in [-0.39, 0.29) is 11.6 Å². The fraction of sp³-hybridized carbons (Fsp3) is 0.391. The molecule has 158 valence electrons. The summed E-state index contributed by atoms with van der Waals surface area (Å²) in [6.45, 7) is 4.35. The molecule has 2 aliphatic rings. The van der Waals surface area contributed by atoms with Gasteiger partial charge in [0.1, 0.15) is 0 Å². The number of carbonyl (C=O) groups excluding carboxylic acids is 2. The summed E-state index contributed by atoms with van der Waals surface area (Å²) in [5.41, 5.74) is 9.95. The molecule has 0 saturated carbocycles. The van der Waals surface area contributed by atoms with Gasteiger partial charge in [0.25, 0.3) is 0 Å². The number of fused-ring (bicyclic) bond motifs is 2. The third-order valence-corrected chi connectivity index (χ3v) is 5.74. The van der Waals surface area contributed by atoms with Crippen molar-refractivity contribution in [1.82, 2.24) is 0 Å². The highest BCUT2D eigenvalue weighted by Crippen LogP contribution is 2.41. The van der Waals surface area contributed by atoms with Crippen molar-refractivity contribution in [3.8, 4) is 0 Å². The number of morpholine rings is 1. The summed E-state index contributed by atoms with van der Waals surface area (Å²) in [6, 6.07) is 8.91. The van der Waals surface area contributed by atoms with E-state index in [2.05, 4.69) is 24.3 Å². The van der Waals surface area contributed by atoms with Gasteiger partial charge in [0.05, 0.1) is 56.4 Å². The number of benzene rings is 2. The van der Waals surface area contributed by atoms with Gasteiger partial charge in [-0.05, 0) is 6.07 Å². The van der Waals surface area contributed by atoms with Crippen molar-refractivity contribution in [3.05, 3.63) is 52.6 Å². The zero-order chi connectivity index (χ0) is 21.3. The number of quaternary nitrogens is 1. The molecule has 0 spiro atoms. The van der Waals surface area contributed by atoms with Crippen LogP contribution in [-0.4, -0.2) is 65.1 Å². The Kier molecular flexibility index (Phi) is 5.74. The molecule has 0 atom stereocenters. The highest BCUT2D eigenvalue weighted by Gasteiger charge is 2.35. The molecule has 1 fully saturated rings. The van der Waals surface area contributed by atoms with E-state index in [9.17, 15) is 9.59 Å². The van der Waals surface area contributed by atoms with Gasteiger partial charge >= 0.3 is 0 Å². The molecule has 0 amide bonds. The second-order valence-corrected chi connectivity index (χ2v) is 8.15. The summed E-state index contributed by atoms with van der Waals surface area (Å²) in [4.78, 5) is 30.2. The molecule has 0 aromatic heterocycles. The maximum Gasteiger partial charge on any atom is 0.196 e. The molecule has 4 N–H and O–H groups in total. The van der Waals surface area contributed by atoms with Gasteiger partial charge in [-0.1, -0.05) is 24.3 Å². The largest absolute Gasteiger partial charge is 0.396 e. The van der Waals surface area contributed by atoms with Crippen molar-refractivity contribution in [2.24, 2.45) is 0 Å². The Labute approximate surface area is 176 Å². The van der Waals surface area contributed by atoms with Crippen molar-refractivity contribution < 1.29 is 19.2 Å². The normalized spacial score (nSPS) is 15.9. The number of nitrogens with two attached hydrogens (primary N) is 1. The molecular weight excluding hydrogens is 380 g/mol. The van der Waals surface area contributed by atoms with Crippen LogP contribution in [0.5, 0.6) is 0 Å². The lowest BCUT2D eigenvalue weighted by atomic mass is 9.81. The number of ether oxygens (including phenoxy) is 1. The zero-order valence-corrected chi connectivity index (χ0v) is 17.6. The molecule has 4 rings (SSSR count). The van der Waals surface area contributed by atoms with E-state index in [0.717, 1.165) is 18.7 Å². The Morgan fingerprint density at radius 3 is 2.33 bits per heavy atom. The molecule has 0 unspecified atom stereocenters. The predicted molar refractivity (Wildman–Crippen MR) is 118 cm³/mol. The second-order valence-electron chi connectivity index (χ2n) is 8.15. The predicted octanol–water partition coefficient (Wildman–Crippen LogP) is 0.827. The topological polar surface area (TPSA) is 89.1 Å². The fourth-order valence-corrected chi connectivity index (χ4v) is 4.17. The Bertz CT molecular complexity index is 981. The number of nitrogen functional groups attached to an aromatic ring is 1. The minimum Gasteiger partial charge on any atom is -0.396 e. The molecule has 1 saturated heterocycles. The molecule has 1 aliphatic carbocycles. The van der Waals surface area contributed by atoms with Gasteiger partial charge in [-0.25, -0.2) is 0 Å². The molecule has 7 heteroatoms. The second kappa shape index (κ2) is 8.45. The minimum absolute atomic E-state index is 0.152. The van der Waals surface area contributed by atoms with Crippen LogP contribution in [0.2, 0.25) is 0 Å². The maximum absolute atomic E-state index is 13.4. The van der Waals surface area contributed by atoms with Gasteiger partial charge in [0, 0.05) is 42.9 Å². The number of anilines is 3. The maximum atomic E-state index is 13.4. The van der Waals surface area contributed by atoms with E-state index in [1.807, 2.05) is 6.07 Å². The first-order valence-electron chi connectivity index (χ1n) is 10.5. The fourth-order valence-electron chi connectivity index (χ4n) is 4.17. The number of ketones is 2. The van der Waals surface area contributed by atoms with Gasteiger partial charge in [-0.15, -0.1) is 0 Å². The molecule has 0 radical (unpaired) electrons. The summed E-state index contributed by atoms with van der Waals surface area (Å²) in [7, 11) is 4.22. The number of nitrogens with zero attached hydrogens (tertiary/aromatic N) is 1. The Balaban J connectivity index is 1.80. The first-order chi connectivity index (χ1) is 14.5. The first kappa shape index (κ1) is 20.4. The number of carbonyl (C=O) groups is 2. The lowest BCUT2D eigenvalue weighted by molar-refractivity contribution is -0.858. The van der Waals surface area contributed by atoms with Crippen LogP contribution in [0.4, 0.5) is 17.1 Å². The first-order valence-corrected chi connectivity index (χ1v) is 10.5. The monoisotopic (exact) mass is 409 g/mol. The van der Waals surface area contributed by atoms with E-state index in [1.165, 1.54) is 4.90 Å². The van der Waals surface area contributed by atoms with Crippen molar-refractivity contribution in [2.45, 2.75) is 6.42 Å². The van der Waals surface area contributed by atoms with Crippen LogP contribution in [0.3, 0.4) is 0 Å². The molecule has 2 aromatic rings. The molecule has 1 aliphatic heterocycles. The standard InChI is InChI=1S/C23H28N4O3/c1-26(2)9-5-8-25-17-14-18(27-10-12-30-13-11-27)21(24)20-19(17)22(28)15-6-3-4-7-16(15)23(20)29/h3-4,6-7,14,25H,5,8-13,24H2,1-2H3/p+1. The van der Waals surface area contributed by atoms with Gasteiger partial charge in [0.15, 0.2) is 11.6 Å². The van der Waals surface area contributed by atoms with Crippen molar-refractivity contribution in [1.29, 1.82) is 0 Å². The number of nitrogens with one attached hydrogen (secondary N) is 2. The van der Waals surface area contributed by atoms with Crippen molar-refractivity contribution in [3.63, 3.8) is 0 Å². The van der Waals surface area contributed by atoms with Crippen LogP contribution in [0.15, 0.2) is 30.3 Å². The number of rotatable bonds is 6. The van der Waals surface area contributed by atoms with Crippen LogP contribution >= 0.6 is 0 Å².